The predicted molar refractivity (Wildman–Crippen MR) is 57.5 cm³/mol. The van der Waals surface area contributed by atoms with Gasteiger partial charge in [-0.3, -0.25) is 4.79 Å². The van der Waals surface area contributed by atoms with Crippen LogP contribution in [0, 0.1) is 0 Å². The number of carboxylic acid groups (broad SMARTS) is 1. The van der Waals surface area contributed by atoms with Crippen LogP contribution < -0.4 is 0 Å². The molecule has 0 amide bonds. The number of ether oxygens (including phenoxy) is 1. The molecule has 0 saturated carbocycles. The number of carbonyl (C=O) groups is 1. The van der Waals surface area contributed by atoms with Crippen molar-refractivity contribution in [2.24, 2.45) is 0 Å². The predicted octanol–water partition coefficient (Wildman–Crippen LogP) is 0.430. The van der Waals surface area contributed by atoms with Gasteiger partial charge >= 0.3 is 5.97 Å². The molecular formula is C10H16N4O3. The van der Waals surface area contributed by atoms with Gasteiger partial charge in [0.15, 0.2) is 5.82 Å². The molecule has 1 fully saturated rings. The number of tetrazole rings is 1. The molecule has 7 heteroatoms. The lowest BCUT2D eigenvalue weighted by molar-refractivity contribution is -0.137. The van der Waals surface area contributed by atoms with E-state index in [1.807, 2.05) is 0 Å². The van der Waals surface area contributed by atoms with Crippen molar-refractivity contribution in [1.29, 1.82) is 0 Å². The molecule has 2 atom stereocenters. The number of hydrogen-bond donors (Lipinski definition) is 1. The van der Waals surface area contributed by atoms with Gasteiger partial charge in [-0.1, -0.05) is 0 Å². The van der Waals surface area contributed by atoms with Crippen LogP contribution in [0.4, 0.5) is 0 Å². The molecule has 0 spiro atoms. The zero-order valence-electron chi connectivity index (χ0n) is 9.74. The molecule has 1 aromatic heterocycles. The van der Waals surface area contributed by atoms with Crippen LogP contribution in [-0.2, 0) is 16.0 Å². The van der Waals surface area contributed by atoms with Crippen LogP contribution in [0.5, 0.6) is 0 Å². The fourth-order valence-corrected chi connectivity index (χ4v) is 2.04. The molecule has 7 nitrogen and oxygen atoms in total. The highest BCUT2D eigenvalue weighted by atomic mass is 16.5. The molecule has 94 valence electrons. The van der Waals surface area contributed by atoms with Gasteiger partial charge in [-0.05, 0) is 30.2 Å². The number of carboxylic acids is 1. The molecule has 0 radical (unpaired) electrons. The Hall–Kier alpha value is -1.50. The average Bonchev–Trinajstić information content (AvgIpc) is 2.88. The number of hydrogen-bond acceptors (Lipinski definition) is 5. The van der Waals surface area contributed by atoms with E-state index in [1.54, 1.807) is 11.6 Å². The second-order valence-corrected chi connectivity index (χ2v) is 4.33. The fourth-order valence-electron chi connectivity index (χ4n) is 2.04. The van der Waals surface area contributed by atoms with Crippen molar-refractivity contribution in [1.82, 2.24) is 20.2 Å². The fraction of sp³-hybridized carbons (Fsp3) is 0.800. The number of nitrogens with zero attached hydrogens (tertiary/aromatic N) is 4. The second-order valence-electron chi connectivity index (χ2n) is 4.33. The van der Waals surface area contributed by atoms with Crippen LogP contribution in [0.15, 0.2) is 0 Å². The van der Waals surface area contributed by atoms with E-state index in [9.17, 15) is 4.79 Å². The van der Waals surface area contributed by atoms with E-state index < -0.39 is 5.97 Å². The zero-order valence-corrected chi connectivity index (χ0v) is 9.74. The molecule has 2 unspecified atom stereocenters. The lowest BCUT2D eigenvalue weighted by Crippen LogP contribution is -2.19. The van der Waals surface area contributed by atoms with Crippen LogP contribution in [0.1, 0.15) is 38.1 Å². The third kappa shape index (κ3) is 3.00. The van der Waals surface area contributed by atoms with Crippen molar-refractivity contribution in [3.63, 3.8) is 0 Å². The highest BCUT2D eigenvalue weighted by molar-refractivity contribution is 5.67. The number of aromatic nitrogens is 4. The first-order valence-electron chi connectivity index (χ1n) is 5.77. The van der Waals surface area contributed by atoms with Gasteiger partial charge in [0.05, 0.1) is 18.6 Å². The number of aliphatic carboxylic acids is 1. The first-order chi connectivity index (χ1) is 8.16. The summed E-state index contributed by atoms with van der Waals surface area (Å²) >= 11 is 0. The monoisotopic (exact) mass is 240 g/mol. The highest BCUT2D eigenvalue weighted by Crippen LogP contribution is 2.18. The summed E-state index contributed by atoms with van der Waals surface area (Å²) < 4.78 is 7.10. The average molecular weight is 240 g/mol. The van der Waals surface area contributed by atoms with E-state index in [1.165, 1.54) is 0 Å². The Morgan fingerprint density at radius 3 is 3.18 bits per heavy atom. The Balaban J connectivity index is 2.02. The van der Waals surface area contributed by atoms with E-state index in [2.05, 4.69) is 15.5 Å². The minimum atomic E-state index is -0.851. The zero-order chi connectivity index (χ0) is 12.3. The number of rotatable bonds is 5. The Labute approximate surface area is 98.8 Å². The van der Waals surface area contributed by atoms with Crippen molar-refractivity contribution in [3.8, 4) is 0 Å². The summed E-state index contributed by atoms with van der Waals surface area (Å²) in [4.78, 5) is 10.7. The van der Waals surface area contributed by atoms with Crippen molar-refractivity contribution >= 4 is 5.97 Å². The highest BCUT2D eigenvalue weighted by Gasteiger charge is 2.22. The van der Waals surface area contributed by atoms with E-state index in [0.29, 0.717) is 12.2 Å². The van der Waals surface area contributed by atoms with E-state index in [4.69, 9.17) is 9.84 Å². The van der Waals surface area contributed by atoms with Crippen molar-refractivity contribution < 1.29 is 14.6 Å². The maximum atomic E-state index is 10.7. The molecule has 1 aromatic rings. The first kappa shape index (κ1) is 12.0. The summed E-state index contributed by atoms with van der Waals surface area (Å²) in [5.74, 6) is -0.151. The topological polar surface area (TPSA) is 90.1 Å². The summed E-state index contributed by atoms with van der Waals surface area (Å²) in [6.45, 7) is 2.58. The summed E-state index contributed by atoms with van der Waals surface area (Å²) in [6, 6.07) is -0.237. The Kier molecular flexibility index (Phi) is 3.68. The molecule has 2 rings (SSSR count). The maximum absolute atomic E-state index is 10.7. The van der Waals surface area contributed by atoms with Crippen molar-refractivity contribution in [3.05, 3.63) is 5.82 Å². The van der Waals surface area contributed by atoms with Crippen LogP contribution in [-0.4, -0.2) is 44.0 Å². The van der Waals surface area contributed by atoms with Crippen LogP contribution in [0.25, 0.3) is 0 Å². The minimum absolute atomic E-state index is 0.0174. The van der Waals surface area contributed by atoms with Crippen LogP contribution >= 0.6 is 0 Å². The van der Waals surface area contributed by atoms with Gasteiger partial charge in [0, 0.05) is 13.0 Å². The van der Waals surface area contributed by atoms with E-state index in [-0.39, 0.29) is 18.6 Å². The van der Waals surface area contributed by atoms with Crippen LogP contribution in [0.2, 0.25) is 0 Å². The van der Waals surface area contributed by atoms with Gasteiger partial charge in [0.2, 0.25) is 0 Å². The van der Waals surface area contributed by atoms with E-state index in [0.717, 1.165) is 19.4 Å². The molecular weight excluding hydrogens is 224 g/mol. The summed E-state index contributed by atoms with van der Waals surface area (Å²) in [5.41, 5.74) is 0. The summed E-state index contributed by atoms with van der Waals surface area (Å²) in [5, 5.41) is 20.1. The molecule has 1 saturated heterocycles. The quantitative estimate of drug-likeness (QED) is 0.802. The smallest absolute Gasteiger partial charge is 0.305 e. The second kappa shape index (κ2) is 5.22. The lowest BCUT2D eigenvalue weighted by atomic mass is 10.1. The SMILES string of the molecule is CC(CC(=O)O)n1nnnc1CC1CCCO1. The van der Waals surface area contributed by atoms with Gasteiger partial charge < -0.3 is 9.84 Å². The van der Waals surface area contributed by atoms with Gasteiger partial charge in [-0.25, -0.2) is 4.68 Å². The molecule has 2 heterocycles. The van der Waals surface area contributed by atoms with Gasteiger partial charge in [-0.2, -0.15) is 0 Å². The first-order valence-corrected chi connectivity index (χ1v) is 5.77. The third-order valence-corrected chi connectivity index (χ3v) is 2.88. The Morgan fingerprint density at radius 1 is 1.71 bits per heavy atom. The summed E-state index contributed by atoms with van der Waals surface area (Å²) in [6.07, 6.45) is 2.91. The molecule has 0 bridgehead atoms. The minimum Gasteiger partial charge on any atom is -0.481 e. The van der Waals surface area contributed by atoms with E-state index >= 15 is 0 Å². The van der Waals surface area contributed by atoms with Gasteiger partial charge in [-0.15, -0.1) is 5.10 Å². The summed E-state index contributed by atoms with van der Waals surface area (Å²) in [7, 11) is 0. The van der Waals surface area contributed by atoms with Crippen molar-refractivity contribution in [2.45, 2.75) is 44.8 Å². The van der Waals surface area contributed by atoms with Gasteiger partial charge in [0.25, 0.3) is 0 Å². The molecule has 17 heavy (non-hydrogen) atoms. The Bertz CT molecular complexity index is 387. The van der Waals surface area contributed by atoms with Gasteiger partial charge in [0.1, 0.15) is 0 Å². The molecule has 0 aliphatic carbocycles. The standard InChI is InChI=1S/C10H16N4O3/c1-7(5-10(15)16)14-9(11-12-13-14)6-8-3-2-4-17-8/h7-8H,2-6H2,1H3,(H,15,16). The lowest BCUT2D eigenvalue weighted by Gasteiger charge is -2.13. The van der Waals surface area contributed by atoms with Crippen LogP contribution in [0.3, 0.4) is 0 Å². The third-order valence-electron chi connectivity index (χ3n) is 2.88. The Morgan fingerprint density at radius 2 is 2.53 bits per heavy atom. The largest absolute Gasteiger partial charge is 0.481 e. The van der Waals surface area contributed by atoms with Crippen molar-refractivity contribution in [2.75, 3.05) is 6.61 Å². The molecule has 1 aliphatic rings. The molecule has 0 aromatic carbocycles. The molecule has 1 aliphatic heterocycles. The molecule has 1 N–H and O–H groups in total. The maximum Gasteiger partial charge on any atom is 0.305 e. The normalized spacial score (nSPS) is 21.6.